The molecule has 2 aromatic rings. The Morgan fingerprint density at radius 1 is 1.50 bits per heavy atom. The molecular weight excluding hydrogens is 251 g/mol. The fourth-order valence-corrected chi connectivity index (χ4v) is 2.91. The lowest BCUT2D eigenvalue weighted by molar-refractivity contribution is 0.619. The molecule has 2 nitrogen and oxygen atoms in total. The summed E-state index contributed by atoms with van der Waals surface area (Å²) in [5, 5.41) is 0. The Kier molecular flexibility index (Phi) is 2.81. The molecule has 3 rings (SSSR count). The minimum Gasteiger partial charge on any atom is -0.324 e. The first-order chi connectivity index (χ1) is 8.65. The van der Waals surface area contributed by atoms with Crippen molar-refractivity contribution in [3.8, 4) is 0 Å². The normalized spacial score (nSPS) is 22.7. The molecule has 96 valence electrons. The van der Waals surface area contributed by atoms with Gasteiger partial charge in [0.05, 0.1) is 16.9 Å². The number of alkyl halides is 1. The summed E-state index contributed by atoms with van der Waals surface area (Å²) in [4.78, 5) is 4.45. The average Bonchev–Trinajstić information content (AvgIpc) is 3.05. The van der Waals surface area contributed by atoms with Crippen LogP contribution in [0.25, 0.3) is 11.0 Å². The van der Waals surface area contributed by atoms with Crippen LogP contribution in [0, 0.1) is 18.7 Å². The summed E-state index contributed by atoms with van der Waals surface area (Å²) in [6.07, 6.45) is 2.36. The molecule has 1 aliphatic carbocycles. The third-order valence-corrected chi connectivity index (χ3v) is 4.14. The van der Waals surface area contributed by atoms with E-state index in [0.717, 1.165) is 22.8 Å². The van der Waals surface area contributed by atoms with Gasteiger partial charge in [-0.25, -0.2) is 9.37 Å². The fourth-order valence-electron chi connectivity index (χ4n) is 2.72. The second-order valence-corrected chi connectivity index (χ2v) is 5.36. The van der Waals surface area contributed by atoms with Crippen molar-refractivity contribution in [2.45, 2.75) is 38.6 Å². The Morgan fingerprint density at radius 2 is 2.28 bits per heavy atom. The van der Waals surface area contributed by atoms with Gasteiger partial charge in [0.1, 0.15) is 11.6 Å². The third-order valence-electron chi connectivity index (χ3n) is 3.90. The van der Waals surface area contributed by atoms with E-state index in [1.54, 1.807) is 6.92 Å². The van der Waals surface area contributed by atoms with Crippen LogP contribution in [0.2, 0.25) is 0 Å². The molecule has 1 heterocycles. The maximum absolute atomic E-state index is 13.6. The molecule has 0 bridgehead atoms. The van der Waals surface area contributed by atoms with Gasteiger partial charge in [-0.05, 0) is 30.9 Å². The topological polar surface area (TPSA) is 17.8 Å². The minimum absolute atomic E-state index is 0.198. The van der Waals surface area contributed by atoms with Crippen LogP contribution in [0.5, 0.6) is 0 Å². The van der Waals surface area contributed by atoms with Gasteiger partial charge in [-0.1, -0.05) is 13.3 Å². The molecular formula is C14H16ClFN2. The molecule has 1 aromatic carbocycles. The predicted octanol–water partition coefficient (Wildman–Crippen LogP) is 4.19. The number of benzene rings is 1. The maximum atomic E-state index is 13.6. The van der Waals surface area contributed by atoms with E-state index < -0.39 is 0 Å². The van der Waals surface area contributed by atoms with Crippen molar-refractivity contribution in [2.75, 3.05) is 0 Å². The molecule has 2 unspecified atom stereocenters. The van der Waals surface area contributed by atoms with Crippen molar-refractivity contribution in [1.29, 1.82) is 0 Å². The second-order valence-electron chi connectivity index (χ2n) is 5.09. The predicted molar refractivity (Wildman–Crippen MR) is 71.4 cm³/mol. The summed E-state index contributed by atoms with van der Waals surface area (Å²) in [6, 6.07) is 3.90. The van der Waals surface area contributed by atoms with Gasteiger partial charge in [0.15, 0.2) is 0 Å². The van der Waals surface area contributed by atoms with Crippen LogP contribution >= 0.6 is 11.6 Å². The monoisotopic (exact) mass is 266 g/mol. The van der Waals surface area contributed by atoms with Crippen molar-refractivity contribution >= 4 is 22.6 Å². The van der Waals surface area contributed by atoms with Crippen molar-refractivity contribution in [2.24, 2.45) is 5.92 Å². The molecule has 1 saturated carbocycles. The van der Waals surface area contributed by atoms with Gasteiger partial charge >= 0.3 is 0 Å². The van der Waals surface area contributed by atoms with Gasteiger partial charge in [-0.2, -0.15) is 0 Å². The quantitative estimate of drug-likeness (QED) is 0.762. The van der Waals surface area contributed by atoms with Crippen LogP contribution in [-0.2, 0) is 5.88 Å². The average molecular weight is 267 g/mol. The van der Waals surface area contributed by atoms with E-state index in [1.165, 1.54) is 18.9 Å². The number of hydrogen-bond donors (Lipinski definition) is 0. The summed E-state index contributed by atoms with van der Waals surface area (Å²) in [7, 11) is 0. The Balaban J connectivity index is 2.18. The number of hydrogen-bond acceptors (Lipinski definition) is 1. The molecule has 0 N–H and O–H groups in total. The zero-order valence-electron chi connectivity index (χ0n) is 10.6. The van der Waals surface area contributed by atoms with Gasteiger partial charge in [-0.15, -0.1) is 11.6 Å². The molecule has 1 aromatic heterocycles. The van der Waals surface area contributed by atoms with Crippen molar-refractivity contribution < 1.29 is 4.39 Å². The number of nitrogens with zero attached hydrogens (tertiary/aromatic N) is 2. The first kappa shape index (κ1) is 12.0. The number of aryl methyl sites for hydroxylation is 1. The number of rotatable bonds is 3. The lowest BCUT2D eigenvalue weighted by Crippen LogP contribution is -2.01. The zero-order valence-corrected chi connectivity index (χ0v) is 11.3. The summed E-state index contributed by atoms with van der Waals surface area (Å²) in [5.41, 5.74) is 2.40. The molecule has 1 aliphatic rings. The SMILES string of the molecule is CCC1CC1n1c(CCl)nc2cc(F)c(C)cc21. The first-order valence-corrected chi connectivity index (χ1v) is 6.92. The number of aromatic nitrogens is 2. The van der Waals surface area contributed by atoms with Crippen molar-refractivity contribution in [1.82, 2.24) is 9.55 Å². The number of fused-ring (bicyclic) bond motifs is 1. The van der Waals surface area contributed by atoms with Crippen LogP contribution in [0.4, 0.5) is 4.39 Å². The smallest absolute Gasteiger partial charge is 0.128 e. The third kappa shape index (κ3) is 1.72. The van der Waals surface area contributed by atoms with Crippen LogP contribution in [-0.4, -0.2) is 9.55 Å². The van der Waals surface area contributed by atoms with E-state index in [2.05, 4.69) is 16.5 Å². The van der Waals surface area contributed by atoms with Crippen LogP contribution in [0.3, 0.4) is 0 Å². The van der Waals surface area contributed by atoms with Gasteiger partial charge in [0, 0.05) is 12.1 Å². The van der Waals surface area contributed by atoms with Crippen LogP contribution < -0.4 is 0 Å². The van der Waals surface area contributed by atoms with Crippen molar-refractivity contribution in [3.05, 3.63) is 29.3 Å². The van der Waals surface area contributed by atoms with Crippen molar-refractivity contribution in [3.63, 3.8) is 0 Å². The molecule has 18 heavy (non-hydrogen) atoms. The summed E-state index contributed by atoms with van der Waals surface area (Å²) in [6.45, 7) is 3.99. The summed E-state index contributed by atoms with van der Waals surface area (Å²) >= 11 is 5.97. The highest BCUT2D eigenvalue weighted by molar-refractivity contribution is 6.16. The molecule has 0 aliphatic heterocycles. The Morgan fingerprint density at radius 3 is 2.89 bits per heavy atom. The molecule has 0 saturated heterocycles. The highest BCUT2D eigenvalue weighted by atomic mass is 35.5. The molecule has 4 heteroatoms. The van der Waals surface area contributed by atoms with E-state index in [9.17, 15) is 4.39 Å². The van der Waals surface area contributed by atoms with E-state index in [-0.39, 0.29) is 5.82 Å². The second kappa shape index (κ2) is 4.23. The molecule has 0 spiro atoms. The Hall–Kier alpha value is -1.09. The summed E-state index contributed by atoms with van der Waals surface area (Å²) in [5.74, 6) is 1.76. The number of imidazole rings is 1. The standard InChI is InChI=1S/C14H16ClFN2/c1-3-9-5-12(9)18-13-4-8(2)10(16)6-11(13)17-14(18)7-15/h4,6,9,12H,3,5,7H2,1-2H3. The lowest BCUT2D eigenvalue weighted by Gasteiger charge is -2.07. The highest BCUT2D eigenvalue weighted by Crippen LogP contribution is 2.47. The molecule has 0 radical (unpaired) electrons. The fraction of sp³-hybridized carbons (Fsp3) is 0.500. The maximum Gasteiger partial charge on any atom is 0.128 e. The van der Waals surface area contributed by atoms with E-state index in [4.69, 9.17) is 11.6 Å². The summed E-state index contributed by atoms with van der Waals surface area (Å²) < 4.78 is 15.8. The van der Waals surface area contributed by atoms with Gasteiger partial charge in [-0.3, -0.25) is 0 Å². The Labute approximate surface area is 111 Å². The minimum atomic E-state index is -0.198. The van der Waals surface area contributed by atoms with Crippen LogP contribution in [0.1, 0.15) is 37.2 Å². The van der Waals surface area contributed by atoms with Gasteiger partial charge in [0.2, 0.25) is 0 Å². The zero-order chi connectivity index (χ0) is 12.9. The van der Waals surface area contributed by atoms with E-state index in [0.29, 0.717) is 17.5 Å². The largest absolute Gasteiger partial charge is 0.324 e. The van der Waals surface area contributed by atoms with Crippen LogP contribution in [0.15, 0.2) is 12.1 Å². The van der Waals surface area contributed by atoms with Gasteiger partial charge < -0.3 is 4.57 Å². The molecule has 1 fully saturated rings. The molecule has 2 atom stereocenters. The van der Waals surface area contributed by atoms with Gasteiger partial charge in [0.25, 0.3) is 0 Å². The van der Waals surface area contributed by atoms with E-state index in [1.807, 2.05) is 6.07 Å². The molecule has 0 amide bonds. The number of halogens is 2. The lowest BCUT2D eigenvalue weighted by atomic mass is 10.2. The highest BCUT2D eigenvalue weighted by Gasteiger charge is 2.39. The first-order valence-electron chi connectivity index (χ1n) is 6.38. The van der Waals surface area contributed by atoms with E-state index >= 15 is 0 Å². The Bertz CT molecular complexity index is 605.